The van der Waals surface area contributed by atoms with E-state index in [-0.39, 0.29) is 107 Å². The molecule has 0 unspecified atom stereocenters. The number of fused-ring (bicyclic) bond motifs is 5. The first-order valence-corrected chi connectivity index (χ1v) is 13.8. The fourth-order valence-corrected chi connectivity index (χ4v) is 4.51. The Labute approximate surface area is 292 Å². The molecule has 46 heavy (non-hydrogen) atoms. The quantitative estimate of drug-likeness (QED) is 0.152. The van der Waals surface area contributed by atoms with Crippen molar-refractivity contribution in [3.63, 3.8) is 0 Å². The number of hydrogen-bond acceptors (Lipinski definition) is 10. The molecule has 0 radical (unpaired) electrons. The van der Waals surface area contributed by atoms with Crippen LogP contribution in [0.25, 0.3) is 11.1 Å². The predicted molar refractivity (Wildman–Crippen MR) is 185 cm³/mol. The van der Waals surface area contributed by atoms with E-state index in [1.165, 1.54) is 12.1 Å². The van der Waals surface area contributed by atoms with Crippen LogP contribution in [0, 0.1) is 0 Å². The molecule has 4 bridgehead atoms. The number of phenols is 2. The summed E-state index contributed by atoms with van der Waals surface area (Å²) in [5.41, 5.74) is 25.2. The van der Waals surface area contributed by atoms with Crippen LogP contribution in [-0.2, 0) is 32.0 Å². The zero-order chi connectivity index (χ0) is 30.8. The molecule has 260 valence electrons. The van der Waals surface area contributed by atoms with E-state index in [9.17, 15) is 29.4 Å². The highest BCUT2D eigenvalue weighted by molar-refractivity contribution is 5.93. The fraction of sp³-hybridized carbons (Fsp3) is 0.429. The zero-order valence-corrected chi connectivity index (χ0v) is 28.2. The third kappa shape index (κ3) is 12.6. The maximum atomic E-state index is 13.4. The highest BCUT2D eigenvalue weighted by atomic mass is 35.5. The standard InChI is InChI=1S/C28H40N8O6.4ClH/c29-7-1-2-21-28(42)36-22(27(41)34-14-20(32)25(39)33-9-8-30)13-18-11-16(4-6-24(18)38)15-3-5-23(37)17(10-15)12-19(31)26(40)35-21;;;;/h3-6,10-11,19-22,37-38H,1-2,7-9,12-14,29-32H2,(H,33,39)(H,34,41)(H,35,40)(H,36,42);4*1H/t19-,20-,21-,22-;;;;/m0..../s1. The molecule has 0 fully saturated rings. The minimum atomic E-state index is -1.22. The number of aromatic hydroxyl groups is 2. The first-order valence-electron chi connectivity index (χ1n) is 13.8. The largest absolute Gasteiger partial charge is 0.508 e. The zero-order valence-electron chi connectivity index (χ0n) is 24.9. The smallest absolute Gasteiger partial charge is 0.243 e. The summed E-state index contributed by atoms with van der Waals surface area (Å²) in [7, 11) is 0. The van der Waals surface area contributed by atoms with Crippen LogP contribution in [0.5, 0.6) is 11.5 Å². The second kappa shape index (κ2) is 21.7. The number of rotatable bonds is 9. The number of nitrogens with two attached hydrogens (primary N) is 4. The van der Waals surface area contributed by atoms with E-state index in [2.05, 4.69) is 21.3 Å². The van der Waals surface area contributed by atoms with Crippen molar-refractivity contribution in [3.8, 4) is 22.6 Å². The number of hydrogen-bond donors (Lipinski definition) is 10. The van der Waals surface area contributed by atoms with Gasteiger partial charge in [-0.15, -0.1) is 49.6 Å². The molecular weight excluding hydrogens is 686 g/mol. The minimum Gasteiger partial charge on any atom is -0.508 e. The molecular formula is C28H44Cl4N8O6. The predicted octanol–water partition coefficient (Wildman–Crippen LogP) is -0.895. The van der Waals surface area contributed by atoms with Gasteiger partial charge < -0.3 is 54.4 Å². The van der Waals surface area contributed by atoms with E-state index in [0.29, 0.717) is 28.7 Å². The second-order valence-electron chi connectivity index (χ2n) is 10.2. The molecule has 2 aromatic carbocycles. The summed E-state index contributed by atoms with van der Waals surface area (Å²) in [6, 6.07) is 5.18. The van der Waals surface area contributed by atoms with E-state index in [1.807, 2.05) is 0 Å². The summed E-state index contributed by atoms with van der Waals surface area (Å²) >= 11 is 0. The van der Waals surface area contributed by atoms with Crippen LogP contribution in [0.4, 0.5) is 0 Å². The second-order valence-corrected chi connectivity index (χ2v) is 10.2. The van der Waals surface area contributed by atoms with Crippen molar-refractivity contribution in [1.82, 2.24) is 21.3 Å². The Bertz CT molecular complexity index is 1310. The Kier molecular flexibility index (Phi) is 21.2. The molecule has 0 aliphatic carbocycles. The lowest BCUT2D eigenvalue weighted by atomic mass is 9.95. The Morgan fingerprint density at radius 1 is 0.848 bits per heavy atom. The highest BCUT2D eigenvalue weighted by Crippen LogP contribution is 2.30. The Morgan fingerprint density at radius 2 is 1.41 bits per heavy atom. The number of nitrogens with one attached hydrogen (secondary N) is 4. The van der Waals surface area contributed by atoms with Gasteiger partial charge in [0.1, 0.15) is 29.6 Å². The maximum Gasteiger partial charge on any atom is 0.243 e. The molecule has 3 rings (SSSR count). The summed E-state index contributed by atoms with van der Waals surface area (Å²) in [5.74, 6) is -2.61. The van der Waals surface area contributed by atoms with E-state index < -0.39 is 47.8 Å². The number of amides is 4. The third-order valence-electron chi connectivity index (χ3n) is 6.93. The Balaban J connectivity index is 0. The molecule has 1 aliphatic heterocycles. The monoisotopic (exact) mass is 728 g/mol. The summed E-state index contributed by atoms with van der Waals surface area (Å²) < 4.78 is 0. The minimum absolute atomic E-state index is 0. The van der Waals surface area contributed by atoms with Crippen molar-refractivity contribution >= 4 is 73.3 Å². The summed E-state index contributed by atoms with van der Waals surface area (Å²) in [5, 5.41) is 31.5. The van der Waals surface area contributed by atoms with Gasteiger partial charge in [-0.25, -0.2) is 0 Å². The first kappa shape index (κ1) is 45.0. The van der Waals surface area contributed by atoms with Crippen molar-refractivity contribution in [3.05, 3.63) is 47.5 Å². The summed E-state index contributed by atoms with van der Waals surface area (Å²) in [6.45, 7) is 0.462. The topological polar surface area (TPSA) is 261 Å². The third-order valence-corrected chi connectivity index (χ3v) is 6.93. The van der Waals surface area contributed by atoms with Gasteiger partial charge in [-0.3, -0.25) is 19.2 Å². The molecule has 4 atom stereocenters. The first-order chi connectivity index (χ1) is 20.0. The van der Waals surface area contributed by atoms with E-state index in [1.54, 1.807) is 24.3 Å². The number of carbonyl (C=O) groups excluding carboxylic acids is 4. The van der Waals surface area contributed by atoms with Gasteiger partial charge in [-0.05, 0) is 65.9 Å². The average molecular weight is 731 g/mol. The molecule has 4 amide bonds. The van der Waals surface area contributed by atoms with Crippen molar-refractivity contribution in [2.75, 3.05) is 26.2 Å². The number of phenolic OH excluding ortho intramolecular Hbond substituents is 2. The molecule has 0 saturated carbocycles. The van der Waals surface area contributed by atoms with Crippen molar-refractivity contribution in [1.29, 1.82) is 0 Å². The van der Waals surface area contributed by atoms with Gasteiger partial charge in [-0.2, -0.15) is 0 Å². The number of carbonyl (C=O) groups is 4. The van der Waals surface area contributed by atoms with Crippen molar-refractivity contribution in [2.45, 2.75) is 49.9 Å². The van der Waals surface area contributed by atoms with Crippen molar-refractivity contribution in [2.24, 2.45) is 22.9 Å². The normalized spacial score (nSPS) is 18.1. The molecule has 0 saturated heterocycles. The fourth-order valence-electron chi connectivity index (χ4n) is 4.51. The van der Waals surface area contributed by atoms with Gasteiger partial charge in [0.2, 0.25) is 23.6 Å². The molecule has 18 heteroatoms. The molecule has 1 heterocycles. The van der Waals surface area contributed by atoms with Crippen LogP contribution in [0.3, 0.4) is 0 Å². The molecule has 14 N–H and O–H groups in total. The molecule has 0 spiro atoms. The number of halogens is 4. The summed E-state index contributed by atoms with van der Waals surface area (Å²) in [4.78, 5) is 51.9. The van der Waals surface area contributed by atoms with Crippen LogP contribution in [0.15, 0.2) is 36.4 Å². The van der Waals surface area contributed by atoms with E-state index in [0.717, 1.165) is 0 Å². The van der Waals surface area contributed by atoms with Gasteiger partial charge in [-0.1, -0.05) is 12.1 Å². The van der Waals surface area contributed by atoms with Gasteiger partial charge in [0, 0.05) is 32.5 Å². The summed E-state index contributed by atoms with van der Waals surface area (Å²) in [6.07, 6.45) is 0.422. The Morgan fingerprint density at radius 3 is 1.96 bits per heavy atom. The number of benzene rings is 2. The van der Waals surface area contributed by atoms with Crippen LogP contribution >= 0.6 is 49.6 Å². The van der Waals surface area contributed by atoms with Crippen LogP contribution in [0.2, 0.25) is 0 Å². The van der Waals surface area contributed by atoms with Gasteiger partial charge in [0.15, 0.2) is 0 Å². The highest BCUT2D eigenvalue weighted by Gasteiger charge is 2.30. The average Bonchev–Trinajstić information content (AvgIpc) is 2.97. The van der Waals surface area contributed by atoms with E-state index >= 15 is 0 Å². The van der Waals surface area contributed by atoms with Crippen LogP contribution < -0.4 is 44.2 Å². The van der Waals surface area contributed by atoms with E-state index in [4.69, 9.17) is 22.9 Å². The van der Waals surface area contributed by atoms with Gasteiger partial charge in [0.25, 0.3) is 0 Å². The Hall–Kier alpha value is -3.08. The lowest BCUT2D eigenvalue weighted by Gasteiger charge is -2.25. The van der Waals surface area contributed by atoms with Crippen LogP contribution in [0.1, 0.15) is 24.0 Å². The lowest BCUT2D eigenvalue weighted by Crippen LogP contribution is -2.57. The molecule has 2 aromatic rings. The maximum absolute atomic E-state index is 13.4. The van der Waals surface area contributed by atoms with Gasteiger partial charge >= 0.3 is 0 Å². The molecule has 0 aromatic heterocycles. The van der Waals surface area contributed by atoms with Crippen LogP contribution in [-0.4, -0.2) is 84.2 Å². The SMILES string of the molecule is Cl.Cl.Cl.Cl.NCCC[C@@H]1NC(=O)[C@@H](N)Cc2cc(ccc2O)-c2ccc(O)c(c2)C[C@@H](C(=O)NC[C@H](N)C(=O)NCCN)NC1=O. The van der Waals surface area contributed by atoms with Crippen molar-refractivity contribution < 1.29 is 29.4 Å². The van der Waals surface area contributed by atoms with Gasteiger partial charge in [0.05, 0.1) is 6.04 Å². The lowest BCUT2D eigenvalue weighted by molar-refractivity contribution is -0.132. The molecule has 14 nitrogen and oxygen atoms in total. The molecule has 1 aliphatic rings.